The van der Waals surface area contributed by atoms with Crippen LogP contribution in [0.3, 0.4) is 0 Å². The number of halogens is 3. The molecule has 0 aromatic heterocycles. The van der Waals surface area contributed by atoms with Gasteiger partial charge in [-0.25, -0.2) is 0 Å². The van der Waals surface area contributed by atoms with E-state index in [9.17, 15) is 13.2 Å². The molecule has 0 saturated heterocycles. The maximum absolute atomic E-state index is 12.7. The molecule has 0 radical (unpaired) electrons. The number of hydrogen-bond donors (Lipinski definition) is 2. The maximum atomic E-state index is 12.7. The van der Waals surface area contributed by atoms with Crippen molar-refractivity contribution in [3.05, 3.63) is 35.4 Å². The number of nitrogens with one attached hydrogen (secondary N) is 1. The van der Waals surface area contributed by atoms with Gasteiger partial charge in [0.2, 0.25) is 0 Å². The Labute approximate surface area is 98.5 Å². The Balaban J connectivity index is 2.85. The van der Waals surface area contributed by atoms with Crippen molar-refractivity contribution < 1.29 is 18.3 Å². The molecule has 1 aromatic rings. The van der Waals surface area contributed by atoms with Crippen LogP contribution in [0.4, 0.5) is 13.2 Å². The highest BCUT2D eigenvalue weighted by molar-refractivity contribution is 5.29. The maximum Gasteiger partial charge on any atom is 0.416 e. The largest absolute Gasteiger partial charge is 0.416 e. The fourth-order valence-electron chi connectivity index (χ4n) is 1.34. The zero-order chi connectivity index (χ0) is 13.1. The summed E-state index contributed by atoms with van der Waals surface area (Å²) in [7, 11) is 0. The number of hydrogen-bond acceptors (Lipinski definition) is 2. The summed E-state index contributed by atoms with van der Waals surface area (Å²) in [6.45, 7) is 3.39. The van der Waals surface area contributed by atoms with Gasteiger partial charge >= 0.3 is 6.18 Å². The van der Waals surface area contributed by atoms with Crippen molar-refractivity contribution >= 4 is 0 Å². The molecule has 1 aromatic carbocycles. The van der Waals surface area contributed by atoms with Crippen LogP contribution in [0.5, 0.6) is 0 Å². The van der Waals surface area contributed by atoms with E-state index in [0.717, 1.165) is 6.07 Å². The number of alkyl halides is 3. The van der Waals surface area contributed by atoms with Crippen LogP contribution in [-0.2, 0) is 12.7 Å². The van der Waals surface area contributed by atoms with Crippen LogP contribution in [0, 0.1) is 0 Å². The topological polar surface area (TPSA) is 32.3 Å². The van der Waals surface area contributed by atoms with Crippen molar-refractivity contribution in [2.45, 2.75) is 32.1 Å². The van der Waals surface area contributed by atoms with Crippen LogP contribution < -0.4 is 5.32 Å². The molecule has 0 aliphatic rings. The molecule has 0 atom stereocenters. The van der Waals surface area contributed by atoms with Crippen molar-refractivity contribution in [1.29, 1.82) is 0 Å². The van der Waals surface area contributed by atoms with E-state index in [2.05, 4.69) is 5.32 Å². The van der Waals surface area contributed by atoms with E-state index >= 15 is 0 Å². The van der Waals surface area contributed by atoms with Crippen molar-refractivity contribution in [3.8, 4) is 0 Å². The van der Waals surface area contributed by atoms with Crippen LogP contribution in [0.2, 0.25) is 0 Å². The molecule has 0 spiro atoms. The molecule has 0 bridgehead atoms. The van der Waals surface area contributed by atoms with Crippen molar-refractivity contribution in [3.63, 3.8) is 0 Å². The molecule has 0 aliphatic carbocycles. The van der Waals surface area contributed by atoms with E-state index in [1.54, 1.807) is 19.9 Å². The van der Waals surface area contributed by atoms with E-state index in [1.165, 1.54) is 12.1 Å². The summed E-state index contributed by atoms with van der Waals surface area (Å²) in [6, 6.07) is 5.42. The molecule has 96 valence electrons. The van der Waals surface area contributed by atoms with Crippen LogP contribution in [0.25, 0.3) is 0 Å². The van der Waals surface area contributed by atoms with Gasteiger partial charge in [-0.2, -0.15) is 13.2 Å². The lowest BCUT2D eigenvalue weighted by Crippen LogP contribution is -2.42. The predicted octanol–water partition coefficient (Wildman–Crippen LogP) is 2.57. The number of aliphatic hydroxyl groups is 1. The van der Waals surface area contributed by atoms with Crippen LogP contribution in [-0.4, -0.2) is 17.3 Å². The first-order valence-corrected chi connectivity index (χ1v) is 5.27. The van der Waals surface area contributed by atoms with E-state index in [0.29, 0.717) is 0 Å². The molecule has 17 heavy (non-hydrogen) atoms. The molecule has 2 N–H and O–H groups in total. The number of rotatable bonds is 4. The summed E-state index contributed by atoms with van der Waals surface area (Å²) in [5, 5.41) is 11.9. The summed E-state index contributed by atoms with van der Waals surface area (Å²) in [6.07, 6.45) is -4.35. The minimum Gasteiger partial charge on any atom is -0.394 e. The zero-order valence-corrected chi connectivity index (χ0v) is 9.80. The summed E-state index contributed by atoms with van der Waals surface area (Å²) in [4.78, 5) is 0. The van der Waals surface area contributed by atoms with Crippen molar-refractivity contribution in [1.82, 2.24) is 5.32 Å². The first-order chi connectivity index (χ1) is 7.76. The predicted molar refractivity (Wildman–Crippen MR) is 59.4 cm³/mol. The van der Waals surface area contributed by atoms with E-state index < -0.39 is 17.3 Å². The third kappa shape index (κ3) is 4.02. The van der Waals surface area contributed by atoms with Gasteiger partial charge in [0.15, 0.2) is 0 Å². The van der Waals surface area contributed by atoms with Gasteiger partial charge < -0.3 is 10.4 Å². The first kappa shape index (κ1) is 14.0. The Hall–Kier alpha value is -1.07. The van der Waals surface area contributed by atoms with Crippen LogP contribution in [0.15, 0.2) is 24.3 Å². The second-order valence-corrected chi connectivity index (χ2v) is 4.55. The minimum atomic E-state index is -4.35. The SMILES string of the molecule is CC(C)(CO)NCc1ccccc1C(F)(F)F. The van der Waals surface area contributed by atoms with Gasteiger partial charge in [-0.15, -0.1) is 0 Å². The Morgan fingerprint density at radius 3 is 2.29 bits per heavy atom. The summed E-state index contributed by atoms with van der Waals surface area (Å²) in [5.74, 6) is 0. The van der Waals surface area contributed by atoms with Gasteiger partial charge in [-0.05, 0) is 25.5 Å². The Morgan fingerprint density at radius 1 is 1.18 bits per heavy atom. The average molecular weight is 247 g/mol. The van der Waals surface area contributed by atoms with Gasteiger partial charge in [0.25, 0.3) is 0 Å². The highest BCUT2D eigenvalue weighted by atomic mass is 19.4. The fourth-order valence-corrected chi connectivity index (χ4v) is 1.34. The molecule has 0 fully saturated rings. The molecule has 2 nitrogen and oxygen atoms in total. The second-order valence-electron chi connectivity index (χ2n) is 4.55. The molecular formula is C12H16F3NO. The lowest BCUT2D eigenvalue weighted by atomic mass is 10.0. The molecule has 1 rings (SSSR count). The third-order valence-corrected chi connectivity index (χ3v) is 2.48. The standard InChI is InChI=1S/C12H16F3NO/c1-11(2,8-17)16-7-9-5-3-4-6-10(9)12(13,14)15/h3-6,16-17H,7-8H2,1-2H3. The molecule has 5 heteroatoms. The minimum absolute atomic E-state index is 0.0727. The normalized spacial score (nSPS) is 12.8. The Bertz CT molecular complexity index is 374. The lowest BCUT2D eigenvalue weighted by molar-refractivity contribution is -0.138. The van der Waals surface area contributed by atoms with E-state index in [1.807, 2.05) is 0 Å². The van der Waals surface area contributed by atoms with Crippen molar-refractivity contribution in [2.24, 2.45) is 0 Å². The Morgan fingerprint density at radius 2 is 1.76 bits per heavy atom. The molecule has 0 unspecified atom stereocenters. The van der Waals surface area contributed by atoms with Gasteiger partial charge in [-0.1, -0.05) is 18.2 Å². The molecule has 0 saturated carbocycles. The van der Waals surface area contributed by atoms with Gasteiger partial charge in [0, 0.05) is 12.1 Å². The second kappa shape index (κ2) is 5.06. The van der Waals surface area contributed by atoms with Gasteiger partial charge in [0.05, 0.1) is 12.2 Å². The third-order valence-electron chi connectivity index (χ3n) is 2.48. The number of benzene rings is 1. The summed E-state index contributed by atoms with van der Waals surface area (Å²) < 4.78 is 38.0. The van der Waals surface area contributed by atoms with Crippen molar-refractivity contribution in [2.75, 3.05) is 6.61 Å². The molecule has 0 amide bonds. The molecule has 0 heterocycles. The lowest BCUT2D eigenvalue weighted by Gasteiger charge is -2.24. The molecule has 0 aliphatic heterocycles. The highest BCUT2D eigenvalue weighted by Crippen LogP contribution is 2.31. The molecular weight excluding hydrogens is 231 g/mol. The highest BCUT2D eigenvalue weighted by Gasteiger charge is 2.33. The fraction of sp³-hybridized carbons (Fsp3) is 0.500. The van der Waals surface area contributed by atoms with Gasteiger partial charge in [-0.3, -0.25) is 0 Å². The monoisotopic (exact) mass is 247 g/mol. The first-order valence-electron chi connectivity index (χ1n) is 5.27. The van der Waals surface area contributed by atoms with Crippen LogP contribution >= 0.6 is 0 Å². The van der Waals surface area contributed by atoms with E-state index in [-0.39, 0.29) is 18.7 Å². The summed E-state index contributed by atoms with van der Waals surface area (Å²) >= 11 is 0. The number of aliphatic hydroxyl groups excluding tert-OH is 1. The van der Waals surface area contributed by atoms with Gasteiger partial charge in [0.1, 0.15) is 0 Å². The summed E-state index contributed by atoms with van der Waals surface area (Å²) in [5.41, 5.74) is -1.05. The van der Waals surface area contributed by atoms with Crippen LogP contribution in [0.1, 0.15) is 25.0 Å². The quantitative estimate of drug-likeness (QED) is 0.857. The zero-order valence-electron chi connectivity index (χ0n) is 9.80. The Kier molecular flexibility index (Phi) is 4.16. The average Bonchev–Trinajstić information content (AvgIpc) is 2.26. The smallest absolute Gasteiger partial charge is 0.394 e. The van der Waals surface area contributed by atoms with E-state index in [4.69, 9.17) is 5.11 Å².